The molecular weight excluding hydrogens is 324 g/mol. The summed E-state index contributed by atoms with van der Waals surface area (Å²) >= 11 is 9.08. The topological polar surface area (TPSA) is 0 Å². The minimum Gasteiger partial charge on any atom is -0.148 e. The highest BCUT2D eigenvalue weighted by Crippen LogP contribution is 2.35. The Morgan fingerprint density at radius 3 is 2.64 bits per heavy atom. The van der Waals surface area contributed by atoms with E-state index in [0.717, 1.165) is 5.33 Å². The fraction of sp³-hybridized carbons (Fsp3) is 0.636. The molecule has 1 aromatic rings. The maximum Gasteiger partial charge on any atom is 0.0314 e. The molecule has 80 valence electrons. The molecule has 0 fully saturated rings. The van der Waals surface area contributed by atoms with Crippen molar-refractivity contribution in [2.75, 3.05) is 5.33 Å². The summed E-state index contributed by atoms with van der Waals surface area (Å²) in [6, 6.07) is 2.14. The van der Waals surface area contributed by atoms with Crippen LogP contribution in [-0.4, -0.2) is 5.33 Å². The number of alkyl halides is 1. The van der Waals surface area contributed by atoms with Gasteiger partial charge in [-0.1, -0.05) is 36.2 Å². The molecule has 1 aromatic heterocycles. The van der Waals surface area contributed by atoms with E-state index in [4.69, 9.17) is 0 Å². The lowest BCUT2D eigenvalue weighted by Gasteiger charge is -2.26. The molecule has 0 saturated heterocycles. The van der Waals surface area contributed by atoms with Crippen molar-refractivity contribution >= 4 is 43.2 Å². The zero-order valence-electron chi connectivity index (χ0n) is 8.65. The summed E-state index contributed by atoms with van der Waals surface area (Å²) in [6.07, 6.45) is 3.71. The van der Waals surface area contributed by atoms with Crippen LogP contribution in [0.15, 0.2) is 15.9 Å². The molecule has 0 bridgehead atoms. The molecule has 3 heteroatoms. The summed E-state index contributed by atoms with van der Waals surface area (Å²) in [5.74, 6) is 0. The molecule has 0 aliphatic heterocycles. The second-order valence-electron chi connectivity index (χ2n) is 4.06. The van der Waals surface area contributed by atoms with Crippen LogP contribution in [0.3, 0.4) is 0 Å². The van der Waals surface area contributed by atoms with Crippen LogP contribution in [0.5, 0.6) is 0 Å². The van der Waals surface area contributed by atoms with Gasteiger partial charge in [0.05, 0.1) is 0 Å². The van der Waals surface area contributed by atoms with Gasteiger partial charge in [0.1, 0.15) is 0 Å². The molecular formula is C11H16Br2S. The van der Waals surface area contributed by atoms with Gasteiger partial charge in [-0.2, -0.15) is 0 Å². The zero-order valence-corrected chi connectivity index (χ0v) is 12.6. The second-order valence-corrected chi connectivity index (χ2v) is 6.48. The third-order valence-corrected chi connectivity index (χ3v) is 5.73. The Kier molecular flexibility index (Phi) is 5.15. The fourth-order valence-electron chi connectivity index (χ4n) is 1.64. The summed E-state index contributed by atoms with van der Waals surface area (Å²) in [7, 11) is 0. The van der Waals surface area contributed by atoms with Crippen molar-refractivity contribution in [1.82, 2.24) is 0 Å². The summed E-state index contributed by atoms with van der Waals surface area (Å²) in [6.45, 7) is 4.61. The zero-order chi connectivity index (χ0) is 10.6. The first-order valence-corrected chi connectivity index (χ1v) is 7.68. The molecule has 0 radical (unpaired) electrons. The molecule has 0 aliphatic rings. The third kappa shape index (κ3) is 3.35. The first-order valence-electron chi connectivity index (χ1n) is 4.89. The molecule has 1 unspecified atom stereocenters. The normalized spacial score (nSPS) is 15.4. The number of rotatable bonds is 5. The van der Waals surface area contributed by atoms with Crippen molar-refractivity contribution < 1.29 is 0 Å². The number of hydrogen-bond donors (Lipinski definition) is 0. The smallest absolute Gasteiger partial charge is 0.0314 e. The van der Waals surface area contributed by atoms with Gasteiger partial charge in [0.2, 0.25) is 0 Å². The van der Waals surface area contributed by atoms with Gasteiger partial charge >= 0.3 is 0 Å². The minimum atomic E-state index is 0.405. The highest BCUT2D eigenvalue weighted by molar-refractivity contribution is 9.10. The Morgan fingerprint density at radius 1 is 1.50 bits per heavy atom. The van der Waals surface area contributed by atoms with Gasteiger partial charge in [-0.15, -0.1) is 11.3 Å². The van der Waals surface area contributed by atoms with Crippen molar-refractivity contribution in [1.29, 1.82) is 0 Å². The molecule has 14 heavy (non-hydrogen) atoms. The van der Waals surface area contributed by atoms with Gasteiger partial charge in [0.15, 0.2) is 0 Å². The summed E-state index contributed by atoms with van der Waals surface area (Å²) in [5.41, 5.74) is 0.405. The van der Waals surface area contributed by atoms with E-state index in [1.807, 2.05) is 11.3 Å². The summed E-state index contributed by atoms with van der Waals surface area (Å²) in [5, 5.41) is 3.23. The predicted octanol–water partition coefficient (Wildman–Crippen LogP) is 5.25. The summed E-state index contributed by atoms with van der Waals surface area (Å²) in [4.78, 5) is 1.47. The molecule has 0 N–H and O–H groups in total. The molecule has 1 atom stereocenters. The van der Waals surface area contributed by atoms with Gasteiger partial charge in [-0.25, -0.2) is 0 Å². The van der Waals surface area contributed by atoms with E-state index in [2.05, 4.69) is 57.2 Å². The van der Waals surface area contributed by atoms with Crippen molar-refractivity contribution in [3.8, 4) is 0 Å². The first-order chi connectivity index (χ1) is 6.61. The number of thiophene rings is 1. The summed E-state index contributed by atoms with van der Waals surface area (Å²) < 4.78 is 1.27. The van der Waals surface area contributed by atoms with Gasteiger partial charge in [0, 0.05) is 14.7 Å². The van der Waals surface area contributed by atoms with E-state index in [-0.39, 0.29) is 0 Å². The lowest BCUT2D eigenvalue weighted by atomic mass is 9.84. The van der Waals surface area contributed by atoms with Crippen molar-refractivity contribution in [3.63, 3.8) is 0 Å². The van der Waals surface area contributed by atoms with Gasteiger partial charge < -0.3 is 0 Å². The van der Waals surface area contributed by atoms with Crippen LogP contribution in [0.4, 0.5) is 0 Å². The average molecular weight is 340 g/mol. The molecule has 0 spiro atoms. The molecule has 1 heterocycles. The molecule has 0 aliphatic carbocycles. The minimum absolute atomic E-state index is 0.405. The Bertz CT molecular complexity index is 283. The van der Waals surface area contributed by atoms with Crippen LogP contribution in [0.2, 0.25) is 0 Å². The molecule has 1 rings (SSSR count). The van der Waals surface area contributed by atoms with Crippen LogP contribution in [-0.2, 0) is 6.42 Å². The molecule has 0 amide bonds. The fourth-order valence-corrected chi connectivity index (χ4v) is 3.83. The first kappa shape index (κ1) is 12.7. The monoisotopic (exact) mass is 338 g/mol. The van der Waals surface area contributed by atoms with Crippen LogP contribution in [0.1, 0.15) is 31.6 Å². The van der Waals surface area contributed by atoms with E-state index in [0.29, 0.717) is 5.41 Å². The highest BCUT2D eigenvalue weighted by Gasteiger charge is 2.23. The third-order valence-electron chi connectivity index (χ3n) is 2.45. The SMILES string of the molecule is CCCC(C)(CBr)Cc1sccc1Br. The van der Waals surface area contributed by atoms with E-state index in [1.54, 1.807) is 0 Å². The lowest BCUT2D eigenvalue weighted by molar-refractivity contribution is 0.342. The quantitative estimate of drug-likeness (QED) is 0.642. The Hall–Kier alpha value is 0.660. The maximum absolute atomic E-state index is 3.63. The van der Waals surface area contributed by atoms with Gasteiger partial charge in [0.25, 0.3) is 0 Å². The van der Waals surface area contributed by atoms with Crippen LogP contribution < -0.4 is 0 Å². The standard InChI is InChI=1S/C11H16Br2S/c1-3-5-11(2,8-12)7-10-9(13)4-6-14-10/h4,6H,3,5,7-8H2,1-2H3. The molecule has 0 aromatic carbocycles. The Labute approximate surface area is 107 Å². The van der Waals surface area contributed by atoms with Crippen LogP contribution >= 0.6 is 43.2 Å². The number of hydrogen-bond acceptors (Lipinski definition) is 1. The number of halogens is 2. The maximum atomic E-state index is 3.63. The van der Waals surface area contributed by atoms with Gasteiger partial charge in [-0.3, -0.25) is 0 Å². The second kappa shape index (κ2) is 5.66. The van der Waals surface area contributed by atoms with E-state index < -0.39 is 0 Å². The van der Waals surface area contributed by atoms with Gasteiger partial charge in [-0.05, 0) is 45.6 Å². The van der Waals surface area contributed by atoms with Crippen molar-refractivity contribution in [3.05, 3.63) is 20.8 Å². The Morgan fingerprint density at radius 2 is 2.21 bits per heavy atom. The van der Waals surface area contributed by atoms with E-state index in [9.17, 15) is 0 Å². The van der Waals surface area contributed by atoms with Crippen LogP contribution in [0.25, 0.3) is 0 Å². The van der Waals surface area contributed by atoms with Crippen LogP contribution in [0, 0.1) is 5.41 Å². The largest absolute Gasteiger partial charge is 0.148 e. The van der Waals surface area contributed by atoms with Crippen molar-refractivity contribution in [2.24, 2.45) is 5.41 Å². The predicted molar refractivity (Wildman–Crippen MR) is 72.5 cm³/mol. The van der Waals surface area contributed by atoms with E-state index >= 15 is 0 Å². The lowest BCUT2D eigenvalue weighted by Crippen LogP contribution is -2.20. The average Bonchev–Trinajstić information content (AvgIpc) is 2.52. The Balaban J connectivity index is 2.69. The molecule has 0 saturated carbocycles. The molecule has 0 nitrogen and oxygen atoms in total. The van der Waals surface area contributed by atoms with Crippen molar-refractivity contribution in [2.45, 2.75) is 33.1 Å². The van der Waals surface area contributed by atoms with E-state index in [1.165, 1.54) is 28.6 Å². The highest BCUT2D eigenvalue weighted by atomic mass is 79.9.